The van der Waals surface area contributed by atoms with Crippen LogP contribution in [0.4, 0.5) is 0 Å². The van der Waals surface area contributed by atoms with E-state index in [4.69, 9.17) is 0 Å². The predicted molar refractivity (Wildman–Crippen MR) is 80.8 cm³/mol. The van der Waals surface area contributed by atoms with E-state index in [0.29, 0.717) is 0 Å². The Morgan fingerprint density at radius 3 is 1.79 bits per heavy atom. The maximum Gasteiger partial charge on any atom is 0.0192 e. The number of hydrogen-bond acceptors (Lipinski definition) is 1. The van der Waals surface area contributed by atoms with E-state index in [0.717, 1.165) is 13.0 Å². The fourth-order valence-corrected chi connectivity index (χ4v) is 2.69. The van der Waals surface area contributed by atoms with Crippen molar-refractivity contribution in [2.45, 2.75) is 19.3 Å². The van der Waals surface area contributed by atoms with Gasteiger partial charge in [0.15, 0.2) is 0 Å². The van der Waals surface area contributed by atoms with E-state index in [2.05, 4.69) is 66.0 Å². The van der Waals surface area contributed by atoms with Gasteiger partial charge in [-0.3, -0.25) is 0 Å². The Balaban J connectivity index is 2.11. The van der Waals surface area contributed by atoms with Gasteiger partial charge in [-0.05, 0) is 30.4 Å². The summed E-state index contributed by atoms with van der Waals surface area (Å²) in [6, 6.07) is 21.4. The first-order valence-corrected chi connectivity index (χ1v) is 7.03. The summed E-state index contributed by atoms with van der Waals surface area (Å²) in [5.41, 5.74) is 5.36. The van der Waals surface area contributed by atoms with Crippen LogP contribution in [0, 0.1) is 0 Å². The summed E-state index contributed by atoms with van der Waals surface area (Å²) in [7, 11) is 0. The van der Waals surface area contributed by atoms with Gasteiger partial charge in [-0.1, -0.05) is 60.7 Å². The quantitative estimate of drug-likeness (QED) is 0.840. The van der Waals surface area contributed by atoms with E-state index in [1.807, 2.05) is 0 Å². The third kappa shape index (κ3) is 2.70. The molecule has 2 aromatic rings. The minimum atomic E-state index is 1.10. The average Bonchev–Trinajstić information content (AvgIpc) is 2.51. The standard InChI is InChI=1S/C18H19N/c1-3-9-15(10-4-1)18(16-11-5-2-6-12-16)17-13-7-8-14-19-17/h1-6,9-12,19H,7-8,13-14H2. The molecule has 0 spiro atoms. The van der Waals surface area contributed by atoms with Gasteiger partial charge in [0.2, 0.25) is 0 Å². The molecule has 3 rings (SSSR count). The first kappa shape index (κ1) is 12.0. The highest BCUT2D eigenvalue weighted by molar-refractivity contribution is 5.81. The van der Waals surface area contributed by atoms with Crippen molar-refractivity contribution in [1.82, 2.24) is 5.32 Å². The lowest BCUT2D eigenvalue weighted by molar-refractivity contribution is 0.590. The lowest BCUT2D eigenvalue weighted by Crippen LogP contribution is -2.21. The lowest BCUT2D eigenvalue weighted by atomic mass is 9.93. The summed E-state index contributed by atoms with van der Waals surface area (Å²) in [4.78, 5) is 0. The number of piperidine rings is 1. The molecule has 19 heavy (non-hydrogen) atoms. The third-order valence-corrected chi connectivity index (χ3v) is 3.62. The highest BCUT2D eigenvalue weighted by Gasteiger charge is 2.13. The van der Waals surface area contributed by atoms with E-state index >= 15 is 0 Å². The number of nitrogens with one attached hydrogen (secondary N) is 1. The smallest absolute Gasteiger partial charge is 0.0192 e. The maximum atomic E-state index is 3.60. The van der Waals surface area contributed by atoms with Gasteiger partial charge in [0.25, 0.3) is 0 Å². The van der Waals surface area contributed by atoms with Crippen molar-refractivity contribution in [3.8, 4) is 0 Å². The molecular formula is C18H19N. The molecule has 1 aliphatic rings. The Labute approximate surface area is 115 Å². The molecule has 1 N–H and O–H groups in total. The van der Waals surface area contributed by atoms with Crippen molar-refractivity contribution in [2.75, 3.05) is 6.54 Å². The zero-order chi connectivity index (χ0) is 12.9. The molecule has 0 amide bonds. The Kier molecular flexibility index (Phi) is 3.64. The van der Waals surface area contributed by atoms with Crippen LogP contribution in [0.3, 0.4) is 0 Å². The molecule has 2 aromatic carbocycles. The lowest BCUT2D eigenvalue weighted by Gasteiger charge is -2.22. The zero-order valence-electron chi connectivity index (χ0n) is 11.1. The fourth-order valence-electron chi connectivity index (χ4n) is 2.69. The molecule has 0 atom stereocenters. The summed E-state index contributed by atoms with van der Waals surface area (Å²) in [5.74, 6) is 0. The molecule has 0 bridgehead atoms. The molecule has 0 unspecified atom stereocenters. The van der Waals surface area contributed by atoms with E-state index in [9.17, 15) is 0 Å². The van der Waals surface area contributed by atoms with E-state index in [1.54, 1.807) is 0 Å². The molecule has 1 fully saturated rings. The second-order valence-electron chi connectivity index (χ2n) is 4.97. The Morgan fingerprint density at radius 1 is 0.737 bits per heavy atom. The molecule has 1 saturated heterocycles. The van der Waals surface area contributed by atoms with Crippen molar-refractivity contribution in [3.63, 3.8) is 0 Å². The summed E-state index contributed by atoms with van der Waals surface area (Å²) in [6.07, 6.45) is 3.71. The van der Waals surface area contributed by atoms with Gasteiger partial charge < -0.3 is 5.32 Å². The second-order valence-corrected chi connectivity index (χ2v) is 4.97. The van der Waals surface area contributed by atoms with Crippen LogP contribution in [0.15, 0.2) is 66.4 Å². The van der Waals surface area contributed by atoms with Crippen LogP contribution >= 0.6 is 0 Å². The van der Waals surface area contributed by atoms with Crippen LogP contribution in [0.1, 0.15) is 30.4 Å². The molecule has 0 saturated carbocycles. The Bertz CT molecular complexity index is 505. The second kappa shape index (κ2) is 5.75. The number of hydrogen-bond donors (Lipinski definition) is 1. The van der Waals surface area contributed by atoms with Crippen molar-refractivity contribution >= 4 is 5.57 Å². The molecule has 1 nitrogen and oxygen atoms in total. The summed E-state index contributed by atoms with van der Waals surface area (Å²) < 4.78 is 0. The molecule has 0 radical (unpaired) electrons. The summed E-state index contributed by atoms with van der Waals surface area (Å²) >= 11 is 0. The minimum absolute atomic E-state index is 1.10. The molecule has 0 aromatic heterocycles. The Morgan fingerprint density at radius 2 is 1.32 bits per heavy atom. The van der Waals surface area contributed by atoms with E-state index in [-0.39, 0.29) is 0 Å². The fraction of sp³-hybridized carbons (Fsp3) is 0.222. The molecule has 96 valence electrons. The summed E-state index contributed by atoms with van der Waals surface area (Å²) in [5, 5.41) is 3.60. The zero-order valence-corrected chi connectivity index (χ0v) is 11.1. The average molecular weight is 249 g/mol. The maximum absolute atomic E-state index is 3.60. The normalized spacial score (nSPS) is 14.8. The largest absolute Gasteiger partial charge is 0.388 e. The van der Waals surface area contributed by atoms with Gasteiger partial charge in [-0.25, -0.2) is 0 Å². The molecular weight excluding hydrogens is 230 g/mol. The minimum Gasteiger partial charge on any atom is -0.388 e. The Hall–Kier alpha value is -2.02. The van der Waals surface area contributed by atoms with Gasteiger partial charge in [0.05, 0.1) is 0 Å². The van der Waals surface area contributed by atoms with E-state index in [1.165, 1.54) is 35.2 Å². The molecule has 1 aliphatic heterocycles. The SMILES string of the molecule is c1ccc(C(=C2CCCCN2)c2ccccc2)cc1. The van der Waals surface area contributed by atoms with Crippen LogP contribution in [-0.2, 0) is 0 Å². The number of rotatable bonds is 2. The van der Waals surface area contributed by atoms with Crippen molar-refractivity contribution < 1.29 is 0 Å². The third-order valence-electron chi connectivity index (χ3n) is 3.62. The molecule has 1 heteroatoms. The topological polar surface area (TPSA) is 12.0 Å². The molecule has 0 aliphatic carbocycles. The predicted octanol–water partition coefficient (Wildman–Crippen LogP) is 4.22. The van der Waals surface area contributed by atoms with Gasteiger partial charge in [0.1, 0.15) is 0 Å². The number of benzene rings is 2. The van der Waals surface area contributed by atoms with Crippen molar-refractivity contribution in [3.05, 3.63) is 77.5 Å². The van der Waals surface area contributed by atoms with Crippen LogP contribution < -0.4 is 5.32 Å². The van der Waals surface area contributed by atoms with Crippen LogP contribution in [-0.4, -0.2) is 6.54 Å². The van der Waals surface area contributed by atoms with Gasteiger partial charge in [-0.15, -0.1) is 0 Å². The van der Waals surface area contributed by atoms with Gasteiger partial charge >= 0.3 is 0 Å². The highest BCUT2D eigenvalue weighted by Crippen LogP contribution is 2.29. The van der Waals surface area contributed by atoms with Crippen LogP contribution in [0.2, 0.25) is 0 Å². The first-order valence-electron chi connectivity index (χ1n) is 7.03. The molecule has 1 heterocycles. The highest BCUT2D eigenvalue weighted by atomic mass is 14.9. The monoisotopic (exact) mass is 249 g/mol. The van der Waals surface area contributed by atoms with Crippen LogP contribution in [0.25, 0.3) is 5.57 Å². The van der Waals surface area contributed by atoms with E-state index < -0.39 is 0 Å². The van der Waals surface area contributed by atoms with Crippen molar-refractivity contribution in [1.29, 1.82) is 0 Å². The van der Waals surface area contributed by atoms with Gasteiger partial charge in [0, 0.05) is 17.8 Å². The summed E-state index contributed by atoms with van der Waals surface area (Å²) in [6.45, 7) is 1.10. The van der Waals surface area contributed by atoms with Gasteiger partial charge in [-0.2, -0.15) is 0 Å². The number of allylic oxidation sites excluding steroid dienone is 1. The first-order chi connectivity index (χ1) is 9.45. The van der Waals surface area contributed by atoms with Crippen molar-refractivity contribution in [2.24, 2.45) is 0 Å². The van der Waals surface area contributed by atoms with Crippen LogP contribution in [0.5, 0.6) is 0 Å².